The number of carbonyl (C=O) groups excluding carboxylic acids is 2. The van der Waals surface area contributed by atoms with E-state index in [0.29, 0.717) is 23.0 Å². The summed E-state index contributed by atoms with van der Waals surface area (Å²) in [5.41, 5.74) is 4.35. The Bertz CT molecular complexity index is 912. The van der Waals surface area contributed by atoms with Crippen molar-refractivity contribution < 1.29 is 9.59 Å². The second-order valence-corrected chi connectivity index (χ2v) is 6.48. The molecule has 1 atom stereocenters. The van der Waals surface area contributed by atoms with Gasteiger partial charge in [0.1, 0.15) is 11.4 Å². The van der Waals surface area contributed by atoms with Gasteiger partial charge in [0, 0.05) is 29.4 Å². The minimum absolute atomic E-state index is 0.00872. The van der Waals surface area contributed by atoms with Gasteiger partial charge in [0.25, 0.3) is 11.5 Å². The Labute approximate surface area is 154 Å². The highest BCUT2D eigenvalue weighted by atomic mass is 35.5. The number of rotatable bonds is 2. The van der Waals surface area contributed by atoms with E-state index in [1.807, 2.05) is 6.92 Å². The van der Waals surface area contributed by atoms with E-state index in [4.69, 9.17) is 11.6 Å². The maximum Gasteiger partial charge on any atom is 0.337 e. The normalized spacial score (nSPS) is 15.7. The van der Waals surface area contributed by atoms with Gasteiger partial charge in [-0.3, -0.25) is 19.6 Å². The van der Waals surface area contributed by atoms with Gasteiger partial charge in [-0.25, -0.2) is 15.2 Å². The zero-order chi connectivity index (χ0) is 18.7. The second kappa shape index (κ2) is 7.57. The molecule has 0 aliphatic carbocycles. The molecule has 1 aliphatic rings. The Morgan fingerprint density at radius 3 is 2.88 bits per heavy atom. The fourth-order valence-corrected chi connectivity index (χ4v) is 3.08. The number of aryl methyl sites for hydroxylation is 1. The van der Waals surface area contributed by atoms with Gasteiger partial charge in [-0.05, 0) is 38.0 Å². The number of hydrazine groups is 1. The van der Waals surface area contributed by atoms with Crippen LogP contribution >= 0.6 is 11.6 Å². The van der Waals surface area contributed by atoms with E-state index in [-0.39, 0.29) is 11.6 Å². The highest BCUT2D eigenvalue weighted by Crippen LogP contribution is 2.20. The van der Waals surface area contributed by atoms with Gasteiger partial charge in [0.15, 0.2) is 0 Å². The van der Waals surface area contributed by atoms with Gasteiger partial charge in [-0.1, -0.05) is 17.7 Å². The maximum absolute atomic E-state index is 12.6. The van der Waals surface area contributed by atoms with Gasteiger partial charge in [0.2, 0.25) is 0 Å². The molecule has 8 nitrogen and oxygen atoms in total. The second-order valence-electron chi connectivity index (χ2n) is 6.05. The summed E-state index contributed by atoms with van der Waals surface area (Å²) >= 11 is 5.84. The monoisotopic (exact) mass is 375 g/mol. The number of anilines is 1. The van der Waals surface area contributed by atoms with Gasteiger partial charge < -0.3 is 5.32 Å². The third kappa shape index (κ3) is 3.85. The molecular weight excluding hydrogens is 358 g/mol. The van der Waals surface area contributed by atoms with Crippen molar-refractivity contribution in [2.45, 2.75) is 32.2 Å². The predicted octanol–water partition coefficient (Wildman–Crippen LogP) is 2.26. The van der Waals surface area contributed by atoms with Gasteiger partial charge in [-0.15, -0.1) is 0 Å². The molecule has 0 bridgehead atoms. The zero-order valence-electron chi connectivity index (χ0n) is 14.1. The van der Waals surface area contributed by atoms with Crippen molar-refractivity contribution >= 4 is 29.2 Å². The van der Waals surface area contributed by atoms with Crippen LogP contribution in [-0.2, 0) is 6.42 Å². The molecule has 3 rings (SSSR count). The lowest BCUT2D eigenvalue weighted by Crippen LogP contribution is -2.46. The van der Waals surface area contributed by atoms with Crippen molar-refractivity contribution in [3.05, 3.63) is 57.2 Å². The van der Waals surface area contributed by atoms with Crippen molar-refractivity contribution in [1.82, 2.24) is 20.4 Å². The summed E-state index contributed by atoms with van der Waals surface area (Å²) in [6, 6.07) is 5.88. The van der Waals surface area contributed by atoms with E-state index >= 15 is 0 Å². The Hall–Kier alpha value is -2.87. The Morgan fingerprint density at radius 1 is 1.31 bits per heavy atom. The van der Waals surface area contributed by atoms with E-state index < -0.39 is 17.5 Å². The van der Waals surface area contributed by atoms with Crippen molar-refractivity contribution in [2.24, 2.45) is 0 Å². The summed E-state index contributed by atoms with van der Waals surface area (Å²) in [5, 5.41) is 2.98. The van der Waals surface area contributed by atoms with Crippen LogP contribution in [0.15, 0.2) is 35.3 Å². The molecule has 2 heterocycles. The summed E-state index contributed by atoms with van der Waals surface area (Å²) in [6.07, 6.45) is 3.78. The SMILES string of the molecule is CC1CCCc2ncc(C(=O)NNC(=O)Nc3cccc(Cl)c3)c(=O)n21. The van der Waals surface area contributed by atoms with Crippen molar-refractivity contribution in [3.8, 4) is 0 Å². The Morgan fingerprint density at radius 2 is 2.12 bits per heavy atom. The van der Waals surface area contributed by atoms with Crippen LogP contribution in [0.25, 0.3) is 0 Å². The summed E-state index contributed by atoms with van der Waals surface area (Å²) in [5.74, 6) is -0.0474. The maximum atomic E-state index is 12.6. The van der Waals surface area contributed by atoms with Crippen LogP contribution in [0.4, 0.5) is 10.5 Å². The number of carbonyl (C=O) groups is 2. The first-order valence-corrected chi connectivity index (χ1v) is 8.57. The molecular formula is C17H18ClN5O3. The van der Waals surface area contributed by atoms with Gasteiger partial charge in [-0.2, -0.15) is 0 Å². The molecule has 9 heteroatoms. The number of nitrogens with one attached hydrogen (secondary N) is 3. The average Bonchev–Trinajstić information content (AvgIpc) is 2.60. The van der Waals surface area contributed by atoms with E-state index in [9.17, 15) is 14.4 Å². The molecule has 26 heavy (non-hydrogen) atoms. The first kappa shape index (κ1) is 17.9. The van der Waals surface area contributed by atoms with E-state index in [0.717, 1.165) is 12.8 Å². The van der Waals surface area contributed by atoms with Crippen molar-refractivity contribution in [1.29, 1.82) is 0 Å². The summed E-state index contributed by atoms with van der Waals surface area (Å²) in [4.78, 5) is 40.9. The van der Waals surface area contributed by atoms with Gasteiger partial charge >= 0.3 is 6.03 Å². The minimum atomic E-state index is -0.725. The lowest BCUT2D eigenvalue weighted by atomic mass is 10.1. The summed E-state index contributed by atoms with van der Waals surface area (Å²) < 4.78 is 1.55. The fourth-order valence-electron chi connectivity index (χ4n) is 2.89. The van der Waals surface area contributed by atoms with Crippen molar-refractivity contribution in [3.63, 3.8) is 0 Å². The number of halogens is 1. The minimum Gasteiger partial charge on any atom is -0.307 e. The average molecular weight is 376 g/mol. The number of amides is 3. The number of benzene rings is 1. The topological polar surface area (TPSA) is 105 Å². The number of nitrogens with zero attached hydrogens (tertiary/aromatic N) is 2. The van der Waals surface area contributed by atoms with Crippen LogP contribution < -0.4 is 21.7 Å². The Balaban J connectivity index is 1.66. The standard InChI is InChI=1S/C17H18ClN5O3/c1-10-4-2-7-14-19-9-13(16(25)23(10)14)15(24)21-22-17(26)20-12-6-3-5-11(18)8-12/h3,5-6,8-10H,2,4,7H2,1H3,(H,21,24)(H2,20,22,26). The highest BCUT2D eigenvalue weighted by molar-refractivity contribution is 6.30. The molecule has 3 N–H and O–H groups in total. The molecule has 1 aliphatic heterocycles. The number of fused-ring (bicyclic) bond motifs is 1. The molecule has 0 saturated heterocycles. The molecule has 0 spiro atoms. The first-order chi connectivity index (χ1) is 12.5. The largest absolute Gasteiger partial charge is 0.337 e. The van der Waals surface area contributed by atoms with Gasteiger partial charge in [0.05, 0.1) is 0 Å². The van der Waals surface area contributed by atoms with Crippen LogP contribution in [-0.4, -0.2) is 21.5 Å². The van der Waals surface area contributed by atoms with Crippen LogP contribution in [0.3, 0.4) is 0 Å². The first-order valence-electron chi connectivity index (χ1n) is 8.19. The van der Waals surface area contributed by atoms with E-state index in [1.165, 1.54) is 6.20 Å². The Kier molecular flexibility index (Phi) is 5.22. The third-order valence-corrected chi connectivity index (χ3v) is 4.38. The molecule has 136 valence electrons. The number of hydrogen-bond donors (Lipinski definition) is 3. The number of hydrogen-bond acceptors (Lipinski definition) is 4. The molecule has 1 unspecified atom stereocenters. The number of urea groups is 1. The molecule has 1 aromatic heterocycles. The molecule has 0 fully saturated rings. The highest BCUT2D eigenvalue weighted by Gasteiger charge is 2.22. The zero-order valence-corrected chi connectivity index (χ0v) is 14.8. The molecule has 0 radical (unpaired) electrons. The van der Waals surface area contributed by atoms with Crippen LogP contribution in [0.5, 0.6) is 0 Å². The molecule has 0 saturated carbocycles. The lowest BCUT2D eigenvalue weighted by Gasteiger charge is -2.24. The van der Waals surface area contributed by atoms with Crippen molar-refractivity contribution in [2.75, 3.05) is 5.32 Å². The predicted molar refractivity (Wildman–Crippen MR) is 97.2 cm³/mol. The molecule has 1 aromatic carbocycles. The quantitative estimate of drug-likeness (QED) is 0.700. The fraction of sp³-hybridized carbons (Fsp3) is 0.294. The van der Waals surface area contributed by atoms with Crippen LogP contribution in [0.2, 0.25) is 5.02 Å². The summed E-state index contributed by atoms with van der Waals surface area (Å²) in [6.45, 7) is 1.92. The van der Waals surface area contributed by atoms with E-state index in [1.54, 1.807) is 28.8 Å². The van der Waals surface area contributed by atoms with Crippen LogP contribution in [0.1, 0.15) is 42.0 Å². The van der Waals surface area contributed by atoms with E-state index in [2.05, 4.69) is 21.2 Å². The third-order valence-electron chi connectivity index (χ3n) is 4.15. The smallest absolute Gasteiger partial charge is 0.307 e. The number of aromatic nitrogens is 2. The molecule has 3 amide bonds. The van der Waals surface area contributed by atoms with Crippen LogP contribution in [0, 0.1) is 0 Å². The lowest BCUT2D eigenvalue weighted by molar-refractivity contribution is 0.0934. The summed E-state index contributed by atoms with van der Waals surface area (Å²) in [7, 11) is 0. The molecule has 2 aromatic rings.